The van der Waals surface area contributed by atoms with Gasteiger partial charge in [-0.2, -0.15) is 0 Å². The fourth-order valence-corrected chi connectivity index (χ4v) is 0. The quantitative estimate of drug-likeness (QED) is 0.395. The molecule has 0 aliphatic heterocycles. The maximum absolute atomic E-state index is 2.19. The fraction of sp³-hybridized carbons (Fsp3) is 1.00. The van der Waals surface area contributed by atoms with Gasteiger partial charge >= 0.3 is 39.1 Å². The van der Waals surface area contributed by atoms with E-state index in [9.17, 15) is 0 Å². The summed E-state index contributed by atoms with van der Waals surface area (Å²) in [5.41, 5.74) is 0. The molecule has 0 fully saturated rings. The summed E-state index contributed by atoms with van der Waals surface area (Å²) < 4.78 is 0. The number of rotatable bonds is 0. The second-order valence-electron chi connectivity index (χ2n) is 0.905. The average Bonchev–Trinajstić information content (AvgIpc) is 0.811. The topological polar surface area (TPSA) is 0 Å². The van der Waals surface area contributed by atoms with Crippen molar-refractivity contribution >= 4 is 15.8 Å². The van der Waals surface area contributed by atoms with Crippen molar-refractivity contribution in [3.8, 4) is 0 Å². The van der Waals surface area contributed by atoms with Gasteiger partial charge in [0.05, 0.1) is 0 Å². The summed E-state index contributed by atoms with van der Waals surface area (Å²) in [5, 5.41) is 0. The molecule has 0 aromatic heterocycles. The van der Waals surface area contributed by atoms with E-state index in [1.54, 1.807) is 0 Å². The molecule has 0 spiro atoms. The van der Waals surface area contributed by atoms with Crippen molar-refractivity contribution in [2.24, 2.45) is 0 Å². The van der Waals surface area contributed by atoms with E-state index >= 15 is 0 Å². The Balaban J connectivity index is 2.32. The molecule has 2 heteroatoms. The van der Waals surface area contributed by atoms with Crippen molar-refractivity contribution in [1.82, 2.24) is 0 Å². The van der Waals surface area contributed by atoms with Crippen molar-refractivity contribution in [3.05, 3.63) is 0 Å². The first-order valence-corrected chi connectivity index (χ1v) is 3.73. The SMILES string of the molecule is [Li][Cu]([CH3])[CH3]. The first kappa shape index (κ1) is 5.12. The van der Waals surface area contributed by atoms with Gasteiger partial charge in [0, 0.05) is 0 Å². The molecule has 0 saturated carbocycles. The summed E-state index contributed by atoms with van der Waals surface area (Å²) in [6.45, 7) is 0. The van der Waals surface area contributed by atoms with Crippen LogP contribution in [0, 0.1) is 0 Å². The van der Waals surface area contributed by atoms with E-state index < -0.39 is 0 Å². The summed E-state index contributed by atoms with van der Waals surface area (Å²) in [6, 6.07) is 0. The maximum atomic E-state index is 2.19. The zero-order valence-corrected chi connectivity index (χ0v) is 4.24. The van der Waals surface area contributed by atoms with Gasteiger partial charge in [0.25, 0.3) is 0 Å². The summed E-state index contributed by atoms with van der Waals surface area (Å²) >= 11 is 2.88. The van der Waals surface area contributed by atoms with Gasteiger partial charge in [-0.1, -0.05) is 0 Å². The van der Waals surface area contributed by atoms with E-state index in [1.807, 2.05) is 0 Å². The average molecular weight is 101 g/mol. The van der Waals surface area contributed by atoms with Gasteiger partial charge in [0.1, 0.15) is 0 Å². The van der Waals surface area contributed by atoms with Crippen molar-refractivity contribution in [2.45, 2.75) is 11.6 Å². The zero-order chi connectivity index (χ0) is 3.58. The Hall–Kier alpha value is 1.12. The van der Waals surface area contributed by atoms with Crippen LogP contribution in [0.2, 0.25) is 11.6 Å². The minimum atomic E-state index is 0.688. The van der Waals surface area contributed by atoms with Gasteiger partial charge < -0.3 is 0 Å². The van der Waals surface area contributed by atoms with Gasteiger partial charge in [-0.05, 0) is 0 Å². The van der Waals surface area contributed by atoms with E-state index in [-0.39, 0.29) is 0 Å². The molecule has 0 aliphatic rings. The Kier molecular flexibility index (Phi) is 3.02. The van der Waals surface area contributed by atoms with Crippen molar-refractivity contribution < 1.29 is 11.7 Å². The molecule has 0 unspecified atom stereocenters. The normalized spacial score (nSPS) is 11.5. The summed E-state index contributed by atoms with van der Waals surface area (Å²) in [7, 11) is 0. The molecular weight excluding hydrogens is 94.5 g/mol. The van der Waals surface area contributed by atoms with E-state index in [0.29, 0.717) is 11.7 Å². The van der Waals surface area contributed by atoms with Crippen molar-refractivity contribution in [2.75, 3.05) is 0 Å². The van der Waals surface area contributed by atoms with Crippen LogP contribution in [0.3, 0.4) is 0 Å². The van der Waals surface area contributed by atoms with E-state index in [4.69, 9.17) is 0 Å². The molecule has 0 aromatic rings. The summed E-state index contributed by atoms with van der Waals surface area (Å²) in [4.78, 5) is 0. The minimum absolute atomic E-state index is 0.688. The van der Waals surface area contributed by atoms with E-state index in [1.165, 1.54) is 0 Å². The van der Waals surface area contributed by atoms with Gasteiger partial charge in [-0.15, -0.1) is 0 Å². The van der Waals surface area contributed by atoms with Gasteiger partial charge in [0.15, 0.2) is 0 Å². The van der Waals surface area contributed by atoms with Crippen LogP contribution in [0.4, 0.5) is 0 Å². The first-order chi connectivity index (χ1) is 1.73. The molecule has 0 aliphatic carbocycles. The third-order valence-electron chi connectivity index (χ3n) is 0. The fourth-order valence-electron chi connectivity index (χ4n) is 0. The van der Waals surface area contributed by atoms with Gasteiger partial charge in [-0.25, -0.2) is 0 Å². The Bertz CT molecular complexity index is 10.8. The monoisotopic (exact) mass is 100.0 g/mol. The second-order valence-corrected chi connectivity index (χ2v) is 3.73. The van der Waals surface area contributed by atoms with Crippen LogP contribution >= 0.6 is 0 Å². The summed E-state index contributed by atoms with van der Waals surface area (Å²) in [5.74, 6) is 4.38. The van der Waals surface area contributed by atoms with E-state index in [2.05, 4.69) is 27.4 Å². The van der Waals surface area contributed by atoms with Crippen LogP contribution in [0.5, 0.6) is 0 Å². The van der Waals surface area contributed by atoms with Crippen LogP contribution in [0.15, 0.2) is 0 Å². The van der Waals surface area contributed by atoms with Crippen LogP contribution in [-0.4, -0.2) is 15.8 Å². The Labute approximate surface area is 39.4 Å². The summed E-state index contributed by atoms with van der Waals surface area (Å²) in [6.07, 6.45) is 0. The van der Waals surface area contributed by atoms with Crippen LogP contribution < -0.4 is 0 Å². The molecule has 0 radical (unpaired) electrons. The molecule has 0 bridgehead atoms. The first-order valence-electron chi connectivity index (χ1n) is 0.905. The Morgan fingerprint density at radius 3 is 1.50 bits per heavy atom. The van der Waals surface area contributed by atoms with Crippen LogP contribution in [0.1, 0.15) is 0 Å². The van der Waals surface area contributed by atoms with Gasteiger partial charge in [-0.3, -0.25) is 0 Å². The molecule has 0 saturated heterocycles. The van der Waals surface area contributed by atoms with Crippen molar-refractivity contribution in [1.29, 1.82) is 0 Å². The van der Waals surface area contributed by atoms with Crippen LogP contribution in [-0.2, 0) is 11.7 Å². The number of hydrogen-bond acceptors (Lipinski definition) is 0. The third kappa shape index (κ3) is 11.2. The predicted molar refractivity (Wildman–Crippen MR) is 17.5 cm³/mol. The Morgan fingerprint density at radius 1 is 1.50 bits per heavy atom. The standard InChI is InChI=1S/2CH3.Cu.Li/h2*1H3;;. The Morgan fingerprint density at radius 2 is 1.50 bits per heavy atom. The number of hydrogen-bond donors (Lipinski definition) is 0. The third-order valence-corrected chi connectivity index (χ3v) is 0. The predicted octanol–water partition coefficient (Wildman–Crippen LogP) is 0.784. The molecule has 26 valence electrons. The molecule has 0 amide bonds. The molecule has 0 aromatic carbocycles. The molecule has 0 nitrogen and oxygen atoms in total. The van der Waals surface area contributed by atoms with Gasteiger partial charge in [0.2, 0.25) is 0 Å². The van der Waals surface area contributed by atoms with Crippen LogP contribution in [0.25, 0.3) is 0 Å². The molecule has 0 N–H and O–H groups in total. The molecule has 0 heterocycles. The molecular formula is C2H6CuLi. The molecule has 0 rings (SSSR count). The molecule has 0 atom stereocenters. The van der Waals surface area contributed by atoms with E-state index in [0.717, 1.165) is 0 Å². The molecule has 4 heavy (non-hydrogen) atoms. The zero-order valence-electron chi connectivity index (χ0n) is 3.30. The second kappa shape index (κ2) is 2.36. The van der Waals surface area contributed by atoms with Crippen molar-refractivity contribution in [3.63, 3.8) is 0 Å².